The van der Waals surface area contributed by atoms with E-state index in [9.17, 15) is 0 Å². The first-order valence-electron chi connectivity index (χ1n) is 4.08. The molecule has 0 bridgehead atoms. The highest BCUT2D eigenvalue weighted by Gasteiger charge is 2.02. The van der Waals surface area contributed by atoms with E-state index in [0.717, 1.165) is 12.4 Å². The van der Waals surface area contributed by atoms with E-state index in [0.29, 0.717) is 5.65 Å². The van der Waals surface area contributed by atoms with E-state index in [1.807, 2.05) is 24.1 Å². The molecular formula is C7H10N6. The highest BCUT2D eigenvalue weighted by atomic mass is 15.6. The second kappa shape index (κ2) is 2.96. The van der Waals surface area contributed by atoms with Gasteiger partial charge >= 0.3 is 0 Å². The Morgan fingerprint density at radius 3 is 3.08 bits per heavy atom. The van der Waals surface area contributed by atoms with E-state index in [-0.39, 0.29) is 0 Å². The molecule has 0 radical (unpaired) electrons. The monoisotopic (exact) mass is 178 g/mol. The van der Waals surface area contributed by atoms with Crippen molar-refractivity contribution in [1.82, 2.24) is 25.3 Å². The fraction of sp³-hybridized carbons (Fsp3) is 0.429. The van der Waals surface area contributed by atoms with Gasteiger partial charge in [0, 0.05) is 13.6 Å². The number of anilines is 1. The number of tetrazole rings is 1. The lowest BCUT2D eigenvalue weighted by atomic mass is 10.5. The van der Waals surface area contributed by atoms with Gasteiger partial charge in [-0.3, -0.25) is 0 Å². The van der Waals surface area contributed by atoms with E-state index in [2.05, 4.69) is 27.5 Å². The van der Waals surface area contributed by atoms with Gasteiger partial charge in [0.15, 0.2) is 11.5 Å². The van der Waals surface area contributed by atoms with Gasteiger partial charge in [0.25, 0.3) is 0 Å². The molecule has 6 heteroatoms. The number of aromatic nitrogens is 5. The second-order valence-corrected chi connectivity index (χ2v) is 2.73. The Morgan fingerprint density at radius 2 is 2.31 bits per heavy atom. The van der Waals surface area contributed by atoms with Gasteiger partial charge in [-0.2, -0.15) is 0 Å². The molecule has 0 atom stereocenters. The molecule has 0 aliphatic heterocycles. The number of rotatable bonds is 2. The third-order valence-electron chi connectivity index (χ3n) is 1.92. The normalized spacial score (nSPS) is 10.6. The Bertz CT molecular complexity index is 408. The molecule has 0 aliphatic rings. The van der Waals surface area contributed by atoms with Crippen LogP contribution >= 0.6 is 0 Å². The lowest BCUT2D eigenvalue weighted by Gasteiger charge is -2.13. The summed E-state index contributed by atoms with van der Waals surface area (Å²) in [6.07, 6.45) is 0. The second-order valence-electron chi connectivity index (χ2n) is 2.73. The van der Waals surface area contributed by atoms with Crippen LogP contribution in [0.1, 0.15) is 6.92 Å². The third-order valence-corrected chi connectivity index (χ3v) is 1.92. The van der Waals surface area contributed by atoms with Crippen molar-refractivity contribution in [1.29, 1.82) is 0 Å². The molecule has 6 nitrogen and oxygen atoms in total. The highest BCUT2D eigenvalue weighted by Crippen LogP contribution is 2.07. The largest absolute Gasteiger partial charge is 0.358 e. The Balaban J connectivity index is 2.48. The molecule has 0 amide bonds. The molecule has 0 N–H and O–H groups in total. The Morgan fingerprint density at radius 1 is 1.46 bits per heavy atom. The summed E-state index contributed by atoms with van der Waals surface area (Å²) < 4.78 is 1.42. The minimum atomic E-state index is 0.660. The van der Waals surface area contributed by atoms with E-state index in [1.54, 1.807) is 0 Å². The number of nitrogens with zero attached hydrogens (tertiary/aromatic N) is 6. The number of hydrogen-bond acceptors (Lipinski definition) is 5. The van der Waals surface area contributed by atoms with Crippen LogP contribution in [0.2, 0.25) is 0 Å². The lowest BCUT2D eigenvalue weighted by Crippen LogP contribution is -2.18. The van der Waals surface area contributed by atoms with E-state index in [1.165, 1.54) is 4.63 Å². The smallest absolute Gasteiger partial charge is 0.200 e. The third kappa shape index (κ3) is 1.30. The fourth-order valence-electron chi connectivity index (χ4n) is 1.01. The first-order valence-corrected chi connectivity index (χ1v) is 4.08. The predicted octanol–water partition coefficient (Wildman–Crippen LogP) is -0.0246. The molecule has 2 heterocycles. The fourth-order valence-corrected chi connectivity index (χ4v) is 1.01. The summed E-state index contributed by atoms with van der Waals surface area (Å²) in [4.78, 5) is 2.02. The molecule has 13 heavy (non-hydrogen) atoms. The molecule has 0 saturated heterocycles. The average Bonchev–Trinajstić information content (AvgIpc) is 2.63. The molecule has 2 aromatic heterocycles. The predicted molar refractivity (Wildman–Crippen MR) is 47.5 cm³/mol. The summed E-state index contributed by atoms with van der Waals surface area (Å²) in [5.41, 5.74) is 0.660. The zero-order valence-electron chi connectivity index (χ0n) is 7.55. The Hall–Kier alpha value is -1.72. The quantitative estimate of drug-likeness (QED) is 0.646. The standard InChI is InChI=1S/C7H10N6/c1-3-12(2)7-5-4-6-8-10-11-13(6)9-7/h4-5H,3H2,1-2H3. The average molecular weight is 178 g/mol. The lowest BCUT2D eigenvalue weighted by molar-refractivity contribution is 0.723. The van der Waals surface area contributed by atoms with Gasteiger partial charge < -0.3 is 4.90 Å². The van der Waals surface area contributed by atoms with Crippen LogP contribution in [-0.4, -0.2) is 38.8 Å². The minimum absolute atomic E-state index is 0.660. The van der Waals surface area contributed by atoms with Crippen molar-refractivity contribution in [3.8, 4) is 0 Å². The first kappa shape index (κ1) is 7.90. The summed E-state index contributed by atoms with van der Waals surface area (Å²) >= 11 is 0. The summed E-state index contributed by atoms with van der Waals surface area (Å²) in [6, 6.07) is 3.74. The van der Waals surface area contributed by atoms with Crippen molar-refractivity contribution >= 4 is 11.5 Å². The van der Waals surface area contributed by atoms with Crippen molar-refractivity contribution < 1.29 is 0 Å². The van der Waals surface area contributed by atoms with Crippen LogP contribution in [0, 0.1) is 0 Å². The van der Waals surface area contributed by atoms with Crippen molar-refractivity contribution in [2.75, 3.05) is 18.5 Å². The van der Waals surface area contributed by atoms with Crippen LogP contribution in [0.5, 0.6) is 0 Å². The molecule has 68 valence electrons. The van der Waals surface area contributed by atoms with Crippen LogP contribution in [0.25, 0.3) is 5.65 Å². The van der Waals surface area contributed by atoms with Gasteiger partial charge in [0.2, 0.25) is 0 Å². The molecule has 0 aliphatic carbocycles. The summed E-state index contributed by atoms with van der Waals surface area (Å²) in [5, 5.41) is 15.2. The highest BCUT2D eigenvalue weighted by molar-refractivity contribution is 5.43. The van der Waals surface area contributed by atoms with Crippen LogP contribution in [0.3, 0.4) is 0 Å². The van der Waals surface area contributed by atoms with Crippen molar-refractivity contribution in [2.45, 2.75) is 6.92 Å². The van der Waals surface area contributed by atoms with Gasteiger partial charge in [-0.1, -0.05) is 0 Å². The molecule has 0 unspecified atom stereocenters. The molecule has 2 aromatic rings. The van der Waals surface area contributed by atoms with Crippen LogP contribution in [-0.2, 0) is 0 Å². The van der Waals surface area contributed by atoms with Gasteiger partial charge in [-0.05, 0) is 29.5 Å². The maximum absolute atomic E-state index is 4.21. The van der Waals surface area contributed by atoms with Crippen LogP contribution in [0.15, 0.2) is 12.1 Å². The van der Waals surface area contributed by atoms with Crippen molar-refractivity contribution in [3.63, 3.8) is 0 Å². The summed E-state index contributed by atoms with van der Waals surface area (Å²) in [6.45, 7) is 2.96. The van der Waals surface area contributed by atoms with Crippen LogP contribution in [0.4, 0.5) is 5.82 Å². The molecule has 2 rings (SSSR count). The molecule has 0 fully saturated rings. The maximum Gasteiger partial charge on any atom is 0.200 e. The Labute approximate surface area is 75.2 Å². The SMILES string of the molecule is CCN(C)c1ccc2nnnn2n1. The van der Waals surface area contributed by atoms with Gasteiger partial charge in [0.05, 0.1) is 0 Å². The number of hydrogen-bond donors (Lipinski definition) is 0. The van der Waals surface area contributed by atoms with E-state index < -0.39 is 0 Å². The molecule has 0 spiro atoms. The molecular weight excluding hydrogens is 168 g/mol. The van der Waals surface area contributed by atoms with Crippen molar-refractivity contribution in [3.05, 3.63) is 12.1 Å². The van der Waals surface area contributed by atoms with Crippen LogP contribution < -0.4 is 4.90 Å². The number of fused-ring (bicyclic) bond motifs is 1. The van der Waals surface area contributed by atoms with Gasteiger partial charge in [0.1, 0.15) is 0 Å². The maximum atomic E-state index is 4.21. The molecule has 0 aromatic carbocycles. The zero-order chi connectivity index (χ0) is 9.26. The Kier molecular flexibility index (Phi) is 1.80. The molecule has 0 saturated carbocycles. The topological polar surface area (TPSA) is 59.2 Å². The summed E-state index contributed by atoms with van der Waals surface area (Å²) in [7, 11) is 1.97. The van der Waals surface area contributed by atoms with Gasteiger partial charge in [-0.25, -0.2) is 0 Å². The summed E-state index contributed by atoms with van der Waals surface area (Å²) in [5.74, 6) is 0.863. The minimum Gasteiger partial charge on any atom is -0.358 e. The van der Waals surface area contributed by atoms with E-state index in [4.69, 9.17) is 0 Å². The zero-order valence-corrected chi connectivity index (χ0v) is 7.55. The first-order chi connectivity index (χ1) is 6.31. The van der Waals surface area contributed by atoms with E-state index >= 15 is 0 Å². The van der Waals surface area contributed by atoms with Gasteiger partial charge in [-0.15, -0.1) is 14.8 Å². The van der Waals surface area contributed by atoms with Crippen molar-refractivity contribution in [2.24, 2.45) is 0 Å².